The molecule has 11 heteroatoms. The van der Waals surface area contributed by atoms with Crippen molar-refractivity contribution in [3.8, 4) is 11.5 Å². The Bertz CT molecular complexity index is 1310. The molecule has 0 saturated carbocycles. The minimum atomic E-state index is -4.93. The second-order valence-electron chi connectivity index (χ2n) is 6.70. The highest BCUT2D eigenvalue weighted by Crippen LogP contribution is 2.35. The van der Waals surface area contributed by atoms with E-state index in [-0.39, 0.29) is 17.0 Å². The average Bonchev–Trinajstić information content (AvgIpc) is 3.32. The molecule has 0 radical (unpaired) electrons. The molecule has 1 amide bonds. The van der Waals surface area contributed by atoms with Gasteiger partial charge in [-0.1, -0.05) is 25.1 Å². The van der Waals surface area contributed by atoms with Gasteiger partial charge in [0.15, 0.2) is 11.3 Å². The van der Waals surface area contributed by atoms with Crippen molar-refractivity contribution < 1.29 is 22.4 Å². The molecule has 0 spiro atoms. The molecule has 2 N–H and O–H groups in total. The third-order valence-corrected chi connectivity index (χ3v) is 4.43. The zero-order chi connectivity index (χ0) is 22.2. The van der Waals surface area contributed by atoms with E-state index < -0.39 is 29.1 Å². The highest BCUT2D eigenvalue weighted by molar-refractivity contribution is 6.04. The van der Waals surface area contributed by atoms with Crippen molar-refractivity contribution in [1.82, 2.24) is 19.7 Å². The molecule has 4 aromatic rings. The molecule has 3 aromatic heterocycles. The van der Waals surface area contributed by atoms with E-state index in [9.17, 15) is 22.8 Å². The lowest BCUT2D eigenvalue weighted by molar-refractivity contribution is -0.153. The number of oxazole rings is 1. The second kappa shape index (κ2) is 7.74. The summed E-state index contributed by atoms with van der Waals surface area (Å²) in [6, 6.07) is 9.27. The standard InChI is InChI=1S/C20H16F3N5O3/c1-2-8-28-16-13(17(29)27-28)9-12(10-24-16)25-18(30)14-15(20(21,22)23)31-19(26-14)11-6-4-3-5-7-11/h3-7,9-10H,2,8H2,1H3,(H,25,30)(H,27,29). The summed E-state index contributed by atoms with van der Waals surface area (Å²) in [6.07, 6.45) is -2.91. The molecule has 0 unspecified atom stereocenters. The monoisotopic (exact) mass is 431 g/mol. The summed E-state index contributed by atoms with van der Waals surface area (Å²) in [4.78, 5) is 32.6. The molecule has 0 aliphatic carbocycles. The van der Waals surface area contributed by atoms with E-state index in [0.29, 0.717) is 17.8 Å². The molecule has 31 heavy (non-hydrogen) atoms. The van der Waals surface area contributed by atoms with Crippen molar-refractivity contribution >= 4 is 22.6 Å². The van der Waals surface area contributed by atoms with Crippen LogP contribution in [0.15, 0.2) is 51.8 Å². The van der Waals surface area contributed by atoms with E-state index >= 15 is 0 Å². The maximum Gasteiger partial charge on any atom is 0.452 e. The fourth-order valence-electron chi connectivity index (χ4n) is 3.09. The number of halogens is 3. The maximum atomic E-state index is 13.4. The summed E-state index contributed by atoms with van der Waals surface area (Å²) >= 11 is 0. The zero-order valence-electron chi connectivity index (χ0n) is 16.2. The second-order valence-corrected chi connectivity index (χ2v) is 6.70. The first-order valence-electron chi connectivity index (χ1n) is 9.31. The van der Waals surface area contributed by atoms with Gasteiger partial charge in [-0.05, 0) is 24.6 Å². The van der Waals surface area contributed by atoms with Crippen LogP contribution in [0.5, 0.6) is 0 Å². The van der Waals surface area contributed by atoms with Gasteiger partial charge in [0.2, 0.25) is 11.7 Å². The van der Waals surface area contributed by atoms with E-state index in [4.69, 9.17) is 4.42 Å². The molecule has 0 bridgehead atoms. The summed E-state index contributed by atoms with van der Waals surface area (Å²) in [5.41, 5.74) is -0.609. The lowest BCUT2D eigenvalue weighted by atomic mass is 10.2. The van der Waals surface area contributed by atoms with Gasteiger partial charge >= 0.3 is 6.18 Å². The minimum Gasteiger partial charge on any atom is -0.431 e. The van der Waals surface area contributed by atoms with Crippen LogP contribution in [-0.4, -0.2) is 25.7 Å². The smallest absolute Gasteiger partial charge is 0.431 e. The van der Waals surface area contributed by atoms with Gasteiger partial charge in [-0.2, -0.15) is 13.2 Å². The first kappa shape index (κ1) is 20.4. The molecule has 0 fully saturated rings. The molecule has 1 aromatic carbocycles. The molecular weight excluding hydrogens is 415 g/mol. The highest BCUT2D eigenvalue weighted by atomic mass is 19.4. The van der Waals surface area contributed by atoms with E-state index in [0.717, 1.165) is 6.42 Å². The Labute approximate surface area is 172 Å². The normalized spacial score (nSPS) is 11.7. The summed E-state index contributed by atoms with van der Waals surface area (Å²) < 4.78 is 46.8. The number of aromatic amines is 1. The number of hydrogen-bond acceptors (Lipinski definition) is 5. The number of nitrogens with one attached hydrogen (secondary N) is 2. The third-order valence-electron chi connectivity index (χ3n) is 4.43. The Kier molecular flexibility index (Phi) is 5.09. The number of aryl methyl sites for hydroxylation is 1. The Balaban J connectivity index is 1.69. The number of pyridine rings is 1. The number of rotatable bonds is 5. The Morgan fingerprint density at radius 3 is 2.68 bits per heavy atom. The first-order chi connectivity index (χ1) is 14.8. The molecule has 4 rings (SSSR count). The van der Waals surface area contributed by atoms with Crippen LogP contribution >= 0.6 is 0 Å². The molecular formula is C20H16F3N5O3. The fourth-order valence-corrected chi connectivity index (χ4v) is 3.09. The number of carbonyl (C=O) groups is 1. The van der Waals surface area contributed by atoms with E-state index in [1.165, 1.54) is 24.4 Å². The van der Waals surface area contributed by atoms with Crippen LogP contribution in [0.2, 0.25) is 0 Å². The molecule has 0 saturated heterocycles. The summed E-state index contributed by atoms with van der Waals surface area (Å²) in [7, 11) is 0. The number of benzene rings is 1. The van der Waals surface area contributed by atoms with Crippen molar-refractivity contribution in [3.63, 3.8) is 0 Å². The van der Waals surface area contributed by atoms with E-state index in [2.05, 4.69) is 20.4 Å². The number of anilines is 1. The largest absolute Gasteiger partial charge is 0.452 e. The first-order valence-corrected chi connectivity index (χ1v) is 9.31. The van der Waals surface area contributed by atoms with Crippen LogP contribution < -0.4 is 10.9 Å². The third kappa shape index (κ3) is 3.93. The molecule has 8 nitrogen and oxygen atoms in total. The Hall–Kier alpha value is -3.89. The van der Waals surface area contributed by atoms with Crippen molar-refractivity contribution in [3.05, 3.63) is 64.4 Å². The van der Waals surface area contributed by atoms with Gasteiger partial charge in [-0.25, -0.2) is 9.97 Å². The number of fused-ring (bicyclic) bond motifs is 1. The fraction of sp³-hybridized carbons (Fsp3) is 0.200. The molecule has 3 heterocycles. The maximum absolute atomic E-state index is 13.4. The van der Waals surface area contributed by atoms with E-state index in [1.807, 2.05) is 6.92 Å². The van der Waals surface area contributed by atoms with Crippen molar-refractivity contribution in [2.75, 3.05) is 5.32 Å². The van der Waals surface area contributed by atoms with E-state index in [1.54, 1.807) is 22.9 Å². The quantitative estimate of drug-likeness (QED) is 0.496. The SMILES string of the molecule is CCCn1[nH]c(=O)c2cc(NC(=O)c3nc(-c4ccccc4)oc3C(F)(F)F)cnc21. The highest BCUT2D eigenvalue weighted by Gasteiger charge is 2.42. The van der Waals surface area contributed by atoms with Gasteiger partial charge < -0.3 is 9.73 Å². The van der Waals surface area contributed by atoms with Crippen LogP contribution in [-0.2, 0) is 12.7 Å². The van der Waals surface area contributed by atoms with Crippen molar-refractivity contribution in [2.45, 2.75) is 26.1 Å². The number of nitrogens with zero attached hydrogens (tertiary/aromatic N) is 3. The van der Waals surface area contributed by atoms with Gasteiger partial charge in [-0.15, -0.1) is 0 Å². The summed E-state index contributed by atoms with van der Waals surface area (Å²) in [5, 5.41) is 5.14. The molecule has 0 atom stereocenters. The van der Waals surface area contributed by atoms with Gasteiger partial charge in [0.05, 0.1) is 17.3 Å². The number of H-pyrrole nitrogens is 1. The van der Waals surface area contributed by atoms with Gasteiger partial charge in [0, 0.05) is 12.1 Å². The Morgan fingerprint density at radius 2 is 2.00 bits per heavy atom. The van der Waals surface area contributed by atoms with Crippen LogP contribution in [0, 0.1) is 0 Å². The predicted octanol–water partition coefficient (Wildman–Crippen LogP) is 4.06. The van der Waals surface area contributed by atoms with Crippen LogP contribution in [0.1, 0.15) is 29.6 Å². The predicted molar refractivity (Wildman–Crippen MR) is 106 cm³/mol. The number of amides is 1. The number of carbonyl (C=O) groups excluding carboxylic acids is 1. The van der Waals surface area contributed by atoms with Crippen LogP contribution in [0.25, 0.3) is 22.5 Å². The number of hydrogen-bond donors (Lipinski definition) is 2. The van der Waals surface area contributed by atoms with Crippen LogP contribution in [0.4, 0.5) is 18.9 Å². The van der Waals surface area contributed by atoms with Gasteiger partial charge in [0.25, 0.3) is 11.5 Å². The zero-order valence-corrected chi connectivity index (χ0v) is 16.2. The topological polar surface area (TPSA) is 106 Å². The summed E-state index contributed by atoms with van der Waals surface area (Å²) in [5.74, 6) is -2.98. The lowest BCUT2D eigenvalue weighted by Crippen LogP contribution is -2.18. The van der Waals surface area contributed by atoms with Crippen LogP contribution in [0.3, 0.4) is 0 Å². The molecule has 0 aliphatic heterocycles. The molecule has 160 valence electrons. The van der Waals surface area contributed by atoms with Gasteiger partial charge in [-0.3, -0.25) is 19.4 Å². The van der Waals surface area contributed by atoms with Gasteiger partial charge in [0.1, 0.15) is 0 Å². The summed E-state index contributed by atoms with van der Waals surface area (Å²) in [6.45, 7) is 2.46. The molecule has 0 aliphatic rings. The van der Waals surface area contributed by atoms with Crippen molar-refractivity contribution in [2.24, 2.45) is 0 Å². The minimum absolute atomic E-state index is 0.0506. The van der Waals surface area contributed by atoms with Crippen molar-refractivity contribution in [1.29, 1.82) is 0 Å². The Morgan fingerprint density at radius 1 is 1.26 bits per heavy atom. The lowest BCUT2D eigenvalue weighted by Gasteiger charge is -2.06. The average molecular weight is 431 g/mol. The number of alkyl halides is 3. The number of aromatic nitrogens is 4.